The number of piperazine rings is 1. The average Bonchev–Trinajstić information content (AvgIpc) is 3.20. The van der Waals surface area contributed by atoms with Gasteiger partial charge in [0.15, 0.2) is 0 Å². The number of anilines is 3. The van der Waals surface area contributed by atoms with Crippen molar-refractivity contribution in [3.05, 3.63) is 35.3 Å². The quantitative estimate of drug-likeness (QED) is 0.551. The van der Waals surface area contributed by atoms with Crippen molar-refractivity contribution in [1.29, 1.82) is 5.26 Å². The third-order valence-electron chi connectivity index (χ3n) is 6.07. The lowest BCUT2D eigenvalue weighted by Gasteiger charge is -2.37. The largest absolute Gasteiger partial charge is 0.444 e. The number of nitrogens with two attached hydrogens (primary N) is 1. The molecular weight excluding hydrogens is 458 g/mol. The lowest BCUT2D eigenvalue weighted by molar-refractivity contribution is 0.0240. The van der Waals surface area contributed by atoms with Crippen LogP contribution in [-0.2, 0) is 24.8 Å². The fourth-order valence-corrected chi connectivity index (χ4v) is 4.27. The maximum atomic E-state index is 12.5. The smallest absolute Gasteiger partial charge is 0.410 e. The Morgan fingerprint density at radius 2 is 1.92 bits per heavy atom. The number of amides is 1. The number of hydrogen-bond donors (Lipinski definition) is 2. The van der Waals surface area contributed by atoms with E-state index in [1.165, 1.54) is 0 Å². The SMILES string of the molecule is CCc1nc(N)nc(NCc2nc3ccn(C)c3cc2N2CCN(C(=O)OC(C)(C)C)CC2)c1C#N. The van der Waals surface area contributed by atoms with Crippen LogP contribution in [0.15, 0.2) is 18.3 Å². The first-order valence-electron chi connectivity index (χ1n) is 12.1. The molecule has 11 heteroatoms. The van der Waals surface area contributed by atoms with Crippen molar-refractivity contribution in [3.63, 3.8) is 0 Å². The van der Waals surface area contributed by atoms with Crippen LogP contribution in [0.3, 0.4) is 0 Å². The second-order valence-electron chi connectivity index (χ2n) is 9.81. The van der Waals surface area contributed by atoms with E-state index in [-0.39, 0.29) is 12.0 Å². The zero-order valence-electron chi connectivity index (χ0n) is 21.5. The number of carbonyl (C=O) groups excluding carboxylic acids is 1. The van der Waals surface area contributed by atoms with Gasteiger partial charge in [0.1, 0.15) is 23.1 Å². The van der Waals surface area contributed by atoms with Crippen molar-refractivity contribution in [3.8, 4) is 6.07 Å². The van der Waals surface area contributed by atoms with Gasteiger partial charge in [-0.25, -0.2) is 14.8 Å². The van der Waals surface area contributed by atoms with E-state index in [9.17, 15) is 10.1 Å². The minimum Gasteiger partial charge on any atom is -0.444 e. The van der Waals surface area contributed by atoms with Gasteiger partial charge in [0.2, 0.25) is 5.95 Å². The second kappa shape index (κ2) is 9.89. The van der Waals surface area contributed by atoms with Crippen molar-refractivity contribution in [2.45, 2.75) is 46.3 Å². The monoisotopic (exact) mass is 491 g/mol. The van der Waals surface area contributed by atoms with Crippen LogP contribution >= 0.6 is 0 Å². The summed E-state index contributed by atoms with van der Waals surface area (Å²) in [6.07, 6.45) is 2.26. The van der Waals surface area contributed by atoms with E-state index in [0.717, 1.165) is 22.4 Å². The number of rotatable bonds is 5. The van der Waals surface area contributed by atoms with Crippen molar-refractivity contribution >= 4 is 34.6 Å². The molecule has 0 spiro atoms. The Kier molecular flexibility index (Phi) is 6.88. The normalized spacial score (nSPS) is 14.1. The van der Waals surface area contributed by atoms with Crippen LogP contribution in [0, 0.1) is 11.3 Å². The average molecular weight is 492 g/mol. The van der Waals surface area contributed by atoms with E-state index in [0.29, 0.717) is 56.2 Å². The molecule has 190 valence electrons. The van der Waals surface area contributed by atoms with E-state index in [1.54, 1.807) is 4.90 Å². The molecule has 3 aromatic heterocycles. The molecule has 0 bridgehead atoms. The van der Waals surface area contributed by atoms with E-state index < -0.39 is 5.60 Å². The number of ether oxygens (including phenoxy) is 1. The highest BCUT2D eigenvalue weighted by Crippen LogP contribution is 2.28. The molecular formula is C25H33N9O2. The molecule has 36 heavy (non-hydrogen) atoms. The number of nitrogens with one attached hydrogen (secondary N) is 1. The molecule has 4 heterocycles. The van der Waals surface area contributed by atoms with Gasteiger partial charge in [-0.1, -0.05) is 6.92 Å². The molecule has 1 amide bonds. The fourth-order valence-electron chi connectivity index (χ4n) is 4.27. The fraction of sp³-hybridized carbons (Fsp3) is 0.480. The number of aromatic nitrogens is 4. The van der Waals surface area contributed by atoms with Crippen molar-refractivity contribution in [2.24, 2.45) is 7.05 Å². The Morgan fingerprint density at radius 1 is 1.19 bits per heavy atom. The molecule has 0 saturated carbocycles. The maximum absolute atomic E-state index is 12.5. The molecule has 3 N–H and O–H groups in total. The number of carbonyl (C=O) groups is 1. The molecule has 0 atom stereocenters. The Hall–Kier alpha value is -4.07. The van der Waals surface area contributed by atoms with E-state index in [2.05, 4.69) is 32.3 Å². The van der Waals surface area contributed by atoms with Gasteiger partial charge in [-0.2, -0.15) is 10.2 Å². The predicted molar refractivity (Wildman–Crippen MR) is 139 cm³/mol. The van der Waals surface area contributed by atoms with Crippen molar-refractivity contribution in [2.75, 3.05) is 42.1 Å². The van der Waals surface area contributed by atoms with Crippen LogP contribution in [-0.4, -0.2) is 62.3 Å². The Labute approximate surface area is 210 Å². The first kappa shape index (κ1) is 25.0. The molecule has 0 unspecified atom stereocenters. The minimum atomic E-state index is -0.529. The molecule has 1 saturated heterocycles. The molecule has 3 aromatic rings. The van der Waals surface area contributed by atoms with Crippen LogP contribution in [0.1, 0.15) is 44.6 Å². The summed E-state index contributed by atoms with van der Waals surface area (Å²) < 4.78 is 7.57. The molecule has 0 aliphatic carbocycles. The first-order chi connectivity index (χ1) is 17.1. The Bertz CT molecular complexity index is 1310. The van der Waals surface area contributed by atoms with Crippen molar-refractivity contribution < 1.29 is 9.53 Å². The number of hydrogen-bond acceptors (Lipinski definition) is 9. The van der Waals surface area contributed by atoms with Crippen LogP contribution < -0.4 is 16.0 Å². The number of nitrogen functional groups attached to an aromatic ring is 1. The molecule has 1 fully saturated rings. The van der Waals surface area contributed by atoms with Crippen LogP contribution in [0.5, 0.6) is 0 Å². The summed E-state index contributed by atoms with van der Waals surface area (Å²) >= 11 is 0. The second-order valence-corrected chi connectivity index (χ2v) is 9.81. The van der Waals surface area contributed by atoms with E-state index >= 15 is 0 Å². The zero-order chi connectivity index (χ0) is 26.0. The summed E-state index contributed by atoms with van der Waals surface area (Å²) in [5.74, 6) is 0.524. The van der Waals surface area contributed by atoms with Gasteiger partial charge in [-0.05, 0) is 39.3 Å². The lowest BCUT2D eigenvalue weighted by Crippen LogP contribution is -2.50. The van der Waals surface area contributed by atoms with Gasteiger partial charge >= 0.3 is 6.09 Å². The van der Waals surface area contributed by atoms with Gasteiger partial charge in [-0.3, -0.25) is 0 Å². The lowest BCUT2D eigenvalue weighted by atomic mass is 10.1. The Morgan fingerprint density at radius 3 is 2.56 bits per heavy atom. The topological polar surface area (TPSA) is 138 Å². The zero-order valence-corrected chi connectivity index (χ0v) is 21.5. The number of nitriles is 1. The standard InChI is InChI=1S/C25H33N9O2/c1-6-17-16(14-26)22(31-23(27)30-17)28-15-19-21(13-20-18(29-19)7-8-32(20)5)33-9-11-34(12-10-33)24(35)36-25(2,3)4/h7-8,13H,6,9-12,15H2,1-5H3,(H3,27,28,30,31). The predicted octanol–water partition coefficient (Wildman–Crippen LogP) is 3.05. The molecule has 0 aromatic carbocycles. The number of nitrogens with zero attached hydrogens (tertiary/aromatic N) is 7. The van der Waals surface area contributed by atoms with Crippen molar-refractivity contribution in [1.82, 2.24) is 24.4 Å². The first-order valence-corrected chi connectivity index (χ1v) is 12.1. The summed E-state index contributed by atoms with van der Waals surface area (Å²) in [5.41, 5.74) is 10.0. The highest BCUT2D eigenvalue weighted by molar-refractivity contribution is 5.81. The number of aryl methyl sites for hydroxylation is 2. The third-order valence-corrected chi connectivity index (χ3v) is 6.07. The highest BCUT2D eigenvalue weighted by Gasteiger charge is 2.27. The number of fused-ring (bicyclic) bond motifs is 1. The molecule has 11 nitrogen and oxygen atoms in total. The van der Waals surface area contributed by atoms with Crippen LogP contribution in [0.4, 0.5) is 22.2 Å². The minimum absolute atomic E-state index is 0.123. The maximum Gasteiger partial charge on any atom is 0.410 e. The van der Waals surface area contributed by atoms with Gasteiger partial charge in [0, 0.05) is 39.4 Å². The van der Waals surface area contributed by atoms with Gasteiger partial charge in [0.05, 0.1) is 34.7 Å². The van der Waals surface area contributed by atoms with Crippen LogP contribution in [0.25, 0.3) is 11.0 Å². The van der Waals surface area contributed by atoms with E-state index in [1.807, 2.05) is 51.6 Å². The summed E-state index contributed by atoms with van der Waals surface area (Å²) in [4.78, 5) is 29.9. The molecule has 4 rings (SSSR count). The summed E-state index contributed by atoms with van der Waals surface area (Å²) in [6.45, 7) is 10.3. The Balaban J connectivity index is 1.59. The van der Waals surface area contributed by atoms with Gasteiger partial charge in [0.25, 0.3) is 0 Å². The summed E-state index contributed by atoms with van der Waals surface area (Å²) in [7, 11) is 1.99. The molecule has 1 aliphatic heterocycles. The summed E-state index contributed by atoms with van der Waals surface area (Å²) in [6, 6.07) is 6.29. The highest BCUT2D eigenvalue weighted by atomic mass is 16.6. The molecule has 0 radical (unpaired) electrons. The number of pyridine rings is 1. The van der Waals surface area contributed by atoms with Gasteiger partial charge in [-0.15, -0.1) is 0 Å². The van der Waals surface area contributed by atoms with E-state index in [4.69, 9.17) is 15.5 Å². The summed E-state index contributed by atoms with van der Waals surface area (Å²) in [5, 5.41) is 12.9. The van der Waals surface area contributed by atoms with Crippen LogP contribution in [0.2, 0.25) is 0 Å². The molecule has 1 aliphatic rings. The van der Waals surface area contributed by atoms with Gasteiger partial charge < -0.3 is 30.2 Å². The third kappa shape index (κ3) is 5.27.